The third-order valence-corrected chi connectivity index (χ3v) is 6.35. The van der Waals surface area contributed by atoms with Crippen molar-refractivity contribution in [3.05, 3.63) is 56.0 Å². The van der Waals surface area contributed by atoms with Crippen LogP contribution in [0.15, 0.2) is 29.2 Å². The molecule has 33 heavy (non-hydrogen) atoms. The van der Waals surface area contributed by atoms with Gasteiger partial charge in [0.2, 0.25) is 0 Å². The van der Waals surface area contributed by atoms with Gasteiger partial charge in [-0.2, -0.15) is 9.61 Å². The van der Waals surface area contributed by atoms with E-state index in [4.69, 9.17) is 9.72 Å². The smallest absolute Gasteiger partial charge is 0.323 e. The van der Waals surface area contributed by atoms with Crippen LogP contribution in [0, 0.1) is 0 Å². The molecule has 4 heterocycles. The van der Waals surface area contributed by atoms with Crippen LogP contribution < -0.4 is 27.0 Å². The first-order valence-corrected chi connectivity index (χ1v) is 11.3. The number of carbonyl (C=O) groups excluding carboxylic acids is 1. The molecular formula is C22H23N7O3S. The Kier molecular flexibility index (Phi) is 5.56. The summed E-state index contributed by atoms with van der Waals surface area (Å²) < 4.78 is 6.74. The van der Waals surface area contributed by atoms with Gasteiger partial charge >= 0.3 is 5.69 Å². The Morgan fingerprint density at radius 2 is 2.24 bits per heavy atom. The van der Waals surface area contributed by atoms with Gasteiger partial charge in [0.1, 0.15) is 5.82 Å². The second-order valence-electron chi connectivity index (χ2n) is 7.81. The number of nitrogens with zero attached hydrogens (tertiary/aromatic N) is 3. The summed E-state index contributed by atoms with van der Waals surface area (Å²) in [5, 5.41) is 11.9. The van der Waals surface area contributed by atoms with Crippen molar-refractivity contribution >= 4 is 41.4 Å². The lowest BCUT2D eigenvalue weighted by Crippen LogP contribution is -2.26. The van der Waals surface area contributed by atoms with E-state index in [2.05, 4.69) is 32.3 Å². The number of hydrogen-bond donors (Lipinski definition) is 4. The van der Waals surface area contributed by atoms with Crippen molar-refractivity contribution < 1.29 is 9.53 Å². The van der Waals surface area contributed by atoms with Gasteiger partial charge in [-0.1, -0.05) is 6.58 Å². The third kappa shape index (κ3) is 4.45. The highest BCUT2D eigenvalue weighted by atomic mass is 32.1. The fraction of sp³-hybridized carbons (Fsp3) is 0.273. The number of thiophene rings is 1. The van der Waals surface area contributed by atoms with Gasteiger partial charge < -0.3 is 25.3 Å². The summed E-state index contributed by atoms with van der Waals surface area (Å²) in [6, 6.07) is 6.06. The Morgan fingerprint density at radius 1 is 1.39 bits per heavy atom. The Bertz CT molecular complexity index is 1490. The molecule has 0 atom stereocenters. The zero-order chi connectivity index (χ0) is 22.9. The molecule has 10 nitrogen and oxygen atoms in total. The van der Waals surface area contributed by atoms with Crippen molar-refractivity contribution in [1.82, 2.24) is 29.9 Å². The van der Waals surface area contributed by atoms with E-state index < -0.39 is 0 Å². The number of ether oxygens (including phenoxy) is 1. The van der Waals surface area contributed by atoms with Crippen molar-refractivity contribution in [3.63, 3.8) is 0 Å². The number of anilines is 1. The molecule has 0 unspecified atom stereocenters. The van der Waals surface area contributed by atoms with Crippen LogP contribution in [0.2, 0.25) is 0 Å². The molecule has 11 heteroatoms. The summed E-state index contributed by atoms with van der Waals surface area (Å²) in [5.74, 6) is 0.688. The number of amides is 1. The van der Waals surface area contributed by atoms with Crippen molar-refractivity contribution in [2.24, 2.45) is 0 Å². The van der Waals surface area contributed by atoms with E-state index in [1.165, 1.54) is 11.3 Å². The summed E-state index contributed by atoms with van der Waals surface area (Å²) in [4.78, 5) is 35.7. The number of nitrogens with one attached hydrogen (secondary N) is 4. The van der Waals surface area contributed by atoms with E-state index in [9.17, 15) is 9.59 Å². The molecule has 1 saturated carbocycles. The summed E-state index contributed by atoms with van der Waals surface area (Å²) >= 11 is 1.38. The predicted molar refractivity (Wildman–Crippen MR) is 127 cm³/mol. The van der Waals surface area contributed by atoms with Gasteiger partial charge in [0, 0.05) is 31.3 Å². The number of hydrogen-bond acceptors (Lipinski definition) is 7. The van der Waals surface area contributed by atoms with Crippen molar-refractivity contribution in [2.45, 2.75) is 18.9 Å². The minimum Gasteiger partial charge on any atom is -0.383 e. The molecule has 0 radical (unpaired) electrons. The Balaban J connectivity index is 1.56. The van der Waals surface area contributed by atoms with Crippen LogP contribution in [0.1, 0.15) is 28.1 Å². The molecule has 170 valence electrons. The van der Waals surface area contributed by atoms with Gasteiger partial charge in [0.25, 0.3) is 5.91 Å². The van der Waals surface area contributed by atoms with Gasteiger partial charge in [0.15, 0.2) is 5.65 Å². The zero-order valence-electron chi connectivity index (χ0n) is 18.0. The topological polar surface area (TPSA) is 129 Å². The molecule has 4 N–H and O–H groups in total. The van der Waals surface area contributed by atoms with Gasteiger partial charge in [-0.15, -0.1) is 11.3 Å². The summed E-state index contributed by atoms with van der Waals surface area (Å²) in [5.41, 5.74) is 1.79. The number of methoxy groups -OCH3 is 1. The lowest BCUT2D eigenvalue weighted by atomic mass is 10.2. The largest absolute Gasteiger partial charge is 0.383 e. The molecule has 0 bridgehead atoms. The van der Waals surface area contributed by atoms with E-state index in [0.29, 0.717) is 40.4 Å². The fourth-order valence-electron chi connectivity index (χ4n) is 3.41. The number of aromatic amines is 2. The predicted octanol–water partition coefficient (Wildman–Crippen LogP) is 0.664. The van der Waals surface area contributed by atoms with Crippen LogP contribution in [-0.2, 0) is 4.74 Å². The minimum absolute atomic E-state index is 0.140. The van der Waals surface area contributed by atoms with E-state index >= 15 is 0 Å². The summed E-state index contributed by atoms with van der Waals surface area (Å²) in [6.45, 7) is 4.77. The highest BCUT2D eigenvalue weighted by molar-refractivity contribution is 7.17. The normalized spacial score (nSPS) is 14.2. The Morgan fingerprint density at radius 3 is 2.97 bits per heavy atom. The molecule has 0 aromatic carbocycles. The maximum Gasteiger partial charge on any atom is 0.323 e. The number of carbonyl (C=O) groups is 1. The standard InChI is InChI=1S/C22H23N7O3S/c1-12-15(28-22(31)25-12)9-13-11-24-29-19(26-14-3-4-14)10-16(27-20(13)29)17-5-6-18(33-17)21(30)23-7-8-32-2/h5-6,9-11,14,26H,1,3-4,7-8H2,2H3,(H,23,30)(H2,25,28,31)/b15-9-. The van der Waals surface area contributed by atoms with Crippen molar-refractivity contribution in [3.8, 4) is 10.6 Å². The number of aromatic nitrogens is 5. The Hall–Kier alpha value is -3.70. The van der Waals surface area contributed by atoms with E-state index in [1.54, 1.807) is 30.0 Å². The molecular weight excluding hydrogens is 442 g/mol. The van der Waals surface area contributed by atoms with Gasteiger partial charge in [0.05, 0.1) is 39.0 Å². The number of rotatable bonds is 8. The quantitative estimate of drug-likeness (QED) is 0.283. The summed E-state index contributed by atoms with van der Waals surface area (Å²) in [7, 11) is 1.60. The average molecular weight is 466 g/mol. The first-order valence-electron chi connectivity index (χ1n) is 10.5. The van der Waals surface area contributed by atoms with Crippen molar-refractivity contribution in [1.29, 1.82) is 0 Å². The lowest BCUT2D eigenvalue weighted by molar-refractivity contribution is 0.0941. The molecule has 1 amide bonds. The van der Waals surface area contributed by atoms with E-state index in [-0.39, 0.29) is 11.6 Å². The zero-order valence-corrected chi connectivity index (χ0v) is 18.8. The second kappa shape index (κ2) is 8.68. The molecule has 0 aliphatic heterocycles. The SMILES string of the molecule is C=c1[nH]c(=O)[nH]/c1=C\c1cnn2c(NC3CC3)cc(-c3ccc(C(=O)NCCOC)s3)nc12. The first-order chi connectivity index (χ1) is 16.0. The molecule has 0 spiro atoms. The van der Waals surface area contributed by atoms with Gasteiger partial charge in [-0.05, 0) is 31.1 Å². The number of H-pyrrole nitrogens is 2. The fourth-order valence-corrected chi connectivity index (χ4v) is 4.29. The molecule has 4 aromatic rings. The van der Waals surface area contributed by atoms with Crippen LogP contribution in [0.25, 0.3) is 28.9 Å². The van der Waals surface area contributed by atoms with Gasteiger partial charge in [-0.3, -0.25) is 4.79 Å². The lowest BCUT2D eigenvalue weighted by Gasteiger charge is -2.09. The highest BCUT2D eigenvalue weighted by Crippen LogP contribution is 2.32. The van der Waals surface area contributed by atoms with Crippen LogP contribution in [-0.4, -0.2) is 56.8 Å². The maximum atomic E-state index is 12.4. The second-order valence-corrected chi connectivity index (χ2v) is 8.89. The van der Waals surface area contributed by atoms with E-state index in [1.807, 2.05) is 12.1 Å². The van der Waals surface area contributed by atoms with Crippen LogP contribution in [0.4, 0.5) is 5.82 Å². The maximum absolute atomic E-state index is 12.4. The van der Waals surface area contributed by atoms with Crippen LogP contribution >= 0.6 is 11.3 Å². The monoisotopic (exact) mass is 465 g/mol. The molecule has 1 aliphatic rings. The third-order valence-electron chi connectivity index (χ3n) is 5.24. The molecule has 4 aromatic heterocycles. The minimum atomic E-state index is -0.317. The Labute approximate surface area is 192 Å². The summed E-state index contributed by atoms with van der Waals surface area (Å²) in [6.07, 6.45) is 5.72. The molecule has 1 aliphatic carbocycles. The van der Waals surface area contributed by atoms with E-state index in [0.717, 1.165) is 34.8 Å². The number of imidazole rings is 1. The van der Waals surface area contributed by atoms with Gasteiger partial charge in [-0.25, -0.2) is 9.78 Å². The molecule has 1 fully saturated rings. The molecule has 0 saturated heterocycles. The van der Waals surface area contributed by atoms with Crippen LogP contribution in [0.5, 0.6) is 0 Å². The van der Waals surface area contributed by atoms with Crippen molar-refractivity contribution in [2.75, 3.05) is 25.6 Å². The molecule has 5 rings (SSSR count). The highest BCUT2D eigenvalue weighted by Gasteiger charge is 2.23. The first kappa shape index (κ1) is 21.2. The average Bonchev–Trinajstić information content (AvgIpc) is 3.18. The number of fused-ring (bicyclic) bond motifs is 1. The van der Waals surface area contributed by atoms with Crippen LogP contribution in [0.3, 0.4) is 0 Å².